The second-order valence-corrected chi connectivity index (χ2v) is 4.29. The Balaban J connectivity index is 2.57. The van der Waals surface area contributed by atoms with E-state index < -0.39 is 18.0 Å². The van der Waals surface area contributed by atoms with Crippen LogP contribution in [0.2, 0.25) is 0 Å². The smallest absolute Gasteiger partial charge is 0.338 e. The Labute approximate surface area is 122 Å². The molecule has 0 saturated heterocycles. The van der Waals surface area contributed by atoms with E-state index >= 15 is 0 Å². The SMILES string of the molecule is CCOC(=O)c1ccc(NC(=O)N(C)CCC(=O)O)cc1. The van der Waals surface area contributed by atoms with Crippen molar-refractivity contribution in [2.24, 2.45) is 0 Å². The maximum Gasteiger partial charge on any atom is 0.338 e. The topological polar surface area (TPSA) is 95.9 Å². The Morgan fingerprint density at radius 3 is 2.38 bits per heavy atom. The maximum absolute atomic E-state index is 11.8. The van der Waals surface area contributed by atoms with Gasteiger partial charge in [0.15, 0.2) is 0 Å². The number of carboxylic acids is 1. The number of carbonyl (C=O) groups excluding carboxylic acids is 2. The van der Waals surface area contributed by atoms with E-state index in [0.29, 0.717) is 17.9 Å². The van der Waals surface area contributed by atoms with Crippen molar-refractivity contribution in [1.82, 2.24) is 4.90 Å². The van der Waals surface area contributed by atoms with Gasteiger partial charge in [0.2, 0.25) is 0 Å². The molecule has 0 bridgehead atoms. The van der Waals surface area contributed by atoms with Gasteiger partial charge in [-0.05, 0) is 31.2 Å². The molecule has 1 aromatic rings. The lowest BCUT2D eigenvalue weighted by atomic mass is 10.2. The van der Waals surface area contributed by atoms with Crippen molar-refractivity contribution in [3.63, 3.8) is 0 Å². The first-order valence-electron chi connectivity index (χ1n) is 6.45. The van der Waals surface area contributed by atoms with Crippen LogP contribution in [0, 0.1) is 0 Å². The first-order chi connectivity index (χ1) is 9.93. The van der Waals surface area contributed by atoms with Crippen molar-refractivity contribution >= 4 is 23.7 Å². The van der Waals surface area contributed by atoms with Crippen molar-refractivity contribution < 1.29 is 24.2 Å². The minimum atomic E-state index is -0.964. The summed E-state index contributed by atoms with van der Waals surface area (Å²) >= 11 is 0. The van der Waals surface area contributed by atoms with E-state index in [4.69, 9.17) is 9.84 Å². The third-order valence-corrected chi connectivity index (χ3v) is 2.66. The van der Waals surface area contributed by atoms with Gasteiger partial charge in [0.25, 0.3) is 0 Å². The van der Waals surface area contributed by atoms with Gasteiger partial charge in [-0.25, -0.2) is 9.59 Å². The highest BCUT2D eigenvalue weighted by molar-refractivity contribution is 5.92. The molecule has 0 saturated carbocycles. The predicted molar refractivity (Wildman–Crippen MR) is 76.3 cm³/mol. The van der Waals surface area contributed by atoms with Crippen LogP contribution >= 0.6 is 0 Å². The van der Waals surface area contributed by atoms with E-state index in [1.54, 1.807) is 31.2 Å². The van der Waals surface area contributed by atoms with Crippen LogP contribution in [0.5, 0.6) is 0 Å². The number of esters is 1. The van der Waals surface area contributed by atoms with Gasteiger partial charge in [-0.3, -0.25) is 4.79 Å². The number of hydrogen-bond donors (Lipinski definition) is 2. The number of ether oxygens (including phenoxy) is 1. The fourth-order valence-electron chi connectivity index (χ4n) is 1.49. The molecule has 1 aromatic carbocycles. The van der Waals surface area contributed by atoms with Crippen LogP contribution in [-0.4, -0.2) is 48.2 Å². The Morgan fingerprint density at radius 2 is 1.86 bits per heavy atom. The summed E-state index contributed by atoms with van der Waals surface area (Å²) in [5, 5.41) is 11.2. The third kappa shape index (κ3) is 5.52. The molecule has 0 heterocycles. The average Bonchev–Trinajstić information content (AvgIpc) is 2.45. The molecule has 0 aromatic heterocycles. The van der Waals surface area contributed by atoms with Crippen LogP contribution in [0.25, 0.3) is 0 Å². The molecular formula is C14H18N2O5. The molecule has 0 radical (unpaired) electrons. The standard InChI is InChI=1S/C14H18N2O5/c1-3-21-13(19)10-4-6-11(7-5-10)15-14(20)16(2)9-8-12(17)18/h4-7H,3,8-9H2,1-2H3,(H,15,20)(H,17,18). The molecular weight excluding hydrogens is 276 g/mol. The van der Waals surface area contributed by atoms with E-state index in [0.717, 1.165) is 0 Å². The number of carbonyl (C=O) groups is 3. The lowest BCUT2D eigenvalue weighted by Crippen LogP contribution is -2.33. The van der Waals surface area contributed by atoms with Crippen molar-refractivity contribution in [2.75, 3.05) is 25.5 Å². The fourth-order valence-corrected chi connectivity index (χ4v) is 1.49. The first-order valence-corrected chi connectivity index (χ1v) is 6.45. The number of nitrogens with one attached hydrogen (secondary N) is 1. The minimum Gasteiger partial charge on any atom is -0.481 e. The maximum atomic E-state index is 11.8. The second-order valence-electron chi connectivity index (χ2n) is 4.29. The molecule has 0 aliphatic heterocycles. The first kappa shape index (κ1) is 16.5. The zero-order valence-corrected chi connectivity index (χ0v) is 12.0. The molecule has 1 rings (SSSR count). The van der Waals surface area contributed by atoms with Crippen LogP contribution < -0.4 is 5.32 Å². The molecule has 21 heavy (non-hydrogen) atoms. The number of hydrogen-bond acceptors (Lipinski definition) is 4. The molecule has 0 spiro atoms. The molecule has 0 fully saturated rings. The third-order valence-electron chi connectivity index (χ3n) is 2.66. The van der Waals surface area contributed by atoms with E-state index in [2.05, 4.69) is 5.32 Å². The summed E-state index contributed by atoms with van der Waals surface area (Å²) in [5.41, 5.74) is 0.907. The van der Waals surface area contributed by atoms with Gasteiger partial charge in [-0.2, -0.15) is 0 Å². The van der Waals surface area contributed by atoms with E-state index in [1.807, 2.05) is 0 Å². The molecule has 7 nitrogen and oxygen atoms in total. The Morgan fingerprint density at radius 1 is 1.24 bits per heavy atom. The predicted octanol–water partition coefficient (Wildman–Crippen LogP) is 1.80. The van der Waals surface area contributed by atoms with Crippen LogP contribution in [0.4, 0.5) is 10.5 Å². The molecule has 0 atom stereocenters. The molecule has 7 heteroatoms. The van der Waals surface area contributed by atoms with E-state index in [1.165, 1.54) is 11.9 Å². The van der Waals surface area contributed by atoms with E-state index in [9.17, 15) is 14.4 Å². The summed E-state index contributed by atoms with van der Waals surface area (Å²) < 4.78 is 4.85. The quantitative estimate of drug-likeness (QED) is 0.780. The fraction of sp³-hybridized carbons (Fsp3) is 0.357. The number of benzene rings is 1. The van der Waals surface area contributed by atoms with Gasteiger partial charge >= 0.3 is 18.0 Å². The monoisotopic (exact) mass is 294 g/mol. The number of carboxylic acid groups (broad SMARTS) is 1. The molecule has 114 valence electrons. The summed E-state index contributed by atoms with van der Waals surface area (Å²) in [6.07, 6.45) is -0.119. The molecule has 0 aliphatic rings. The van der Waals surface area contributed by atoms with Gasteiger partial charge < -0.3 is 20.1 Å². The zero-order chi connectivity index (χ0) is 15.8. The summed E-state index contributed by atoms with van der Waals surface area (Å²) in [5.74, 6) is -1.39. The lowest BCUT2D eigenvalue weighted by molar-refractivity contribution is -0.137. The normalized spacial score (nSPS) is 9.81. The van der Waals surface area contributed by atoms with Crippen LogP contribution in [0.15, 0.2) is 24.3 Å². The van der Waals surface area contributed by atoms with Crippen LogP contribution in [0.3, 0.4) is 0 Å². The van der Waals surface area contributed by atoms with Crippen molar-refractivity contribution in [3.8, 4) is 0 Å². The van der Waals surface area contributed by atoms with Gasteiger partial charge in [0, 0.05) is 19.3 Å². The number of urea groups is 1. The highest BCUT2D eigenvalue weighted by Gasteiger charge is 2.11. The summed E-state index contributed by atoms with van der Waals surface area (Å²) in [7, 11) is 1.51. The van der Waals surface area contributed by atoms with Crippen molar-refractivity contribution in [3.05, 3.63) is 29.8 Å². The van der Waals surface area contributed by atoms with Crippen LogP contribution in [0.1, 0.15) is 23.7 Å². The Bertz CT molecular complexity index is 513. The molecule has 2 N–H and O–H groups in total. The number of rotatable bonds is 6. The Hall–Kier alpha value is -2.57. The van der Waals surface area contributed by atoms with E-state index in [-0.39, 0.29) is 13.0 Å². The highest BCUT2D eigenvalue weighted by Crippen LogP contribution is 2.11. The average molecular weight is 294 g/mol. The number of amides is 2. The highest BCUT2D eigenvalue weighted by atomic mass is 16.5. The minimum absolute atomic E-state index is 0.113. The largest absolute Gasteiger partial charge is 0.481 e. The Kier molecular flexibility index (Phi) is 6.19. The van der Waals surface area contributed by atoms with Gasteiger partial charge in [0.05, 0.1) is 18.6 Å². The summed E-state index contributed by atoms with van der Waals surface area (Å²) in [6, 6.07) is 5.83. The molecule has 0 aliphatic carbocycles. The van der Waals surface area contributed by atoms with Gasteiger partial charge in [-0.1, -0.05) is 0 Å². The van der Waals surface area contributed by atoms with Gasteiger partial charge in [0.1, 0.15) is 0 Å². The summed E-state index contributed by atoms with van der Waals surface area (Å²) in [4.78, 5) is 34.9. The number of anilines is 1. The van der Waals surface area contributed by atoms with Crippen molar-refractivity contribution in [1.29, 1.82) is 0 Å². The summed E-state index contributed by atoms with van der Waals surface area (Å²) in [6.45, 7) is 2.13. The number of aliphatic carboxylic acids is 1. The zero-order valence-electron chi connectivity index (χ0n) is 12.0. The second kappa shape index (κ2) is 7.88. The van der Waals surface area contributed by atoms with Gasteiger partial charge in [-0.15, -0.1) is 0 Å². The number of nitrogens with zero attached hydrogens (tertiary/aromatic N) is 1. The lowest BCUT2D eigenvalue weighted by Gasteiger charge is -2.17. The van der Waals surface area contributed by atoms with Crippen molar-refractivity contribution in [2.45, 2.75) is 13.3 Å². The van der Waals surface area contributed by atoms with Crippen LogP contribution in [-0.2, 0) is 9.53 Å². The molecule has 2 amide bonds. The molecule has 0 unspecified atom stereocenters.